The van der Waals surface area contributed by atoms with Gasteiger partial charge >= 0.3 is 0 Å². The van der Waals surface area contributed by atoms with E-state index in [0.29, 0.717) is 28.0 Å². The van der Waals surface area contributed by atoms with Gasteiger partial charge in [-0.05, 0) is 35.9 Å². The zero-order chi connectivity index (χ0) is 16.4. The molecule has 0 saturated carbocycles. The highest BCUT2D eigenvalue weighted by Gasteiger charge is 2.09. The lowest BCUT2D eigenvalue weighted by Gasteiger charge is -2.08. The van der Waals surface area contributed by atoms with E-state index in [1.165, 1.54) is 10.9 Å². The van der Waals surface area contributed by atoms with Gasteiger partial charge in [0.2, 0.25) is 0 Å². The Morgan fingerprint density at radius 3 is 2.65 bits per heavy atom. The smallest absolute Gasteiger partial charge is 0.261 e. The van der Waals surface area contributed by atoms with Gasteiger partial charge in [0.1, 0.15) is 0 Å². The fourth-order valence-electron chi connectivity index (χ4n) is 2.34. The molecule has 0 atom stereocenters. The van der Waals surface area contributed by atoms with E-state index >= 15 is 0 Å². The molecule has 3 aromatic rings. The van der Waals surface area contributed by atoms with Crippen LogP contribution in [0, 0.1) is 0 Å². The second-order valence-electron chi connectivity index (χ2n) is 5.12. The number of carbonyl (C=O) groups excluding carboxylic acids is 1. The van der Waals surface area contributed by atoms with Gasteiger partial charge in [-0.3, -0.25) is 14.2 Å². The molecule has 3 rings (SSSR count). The molecule has 0 aliphatic carbocycles. The Bertz CT molecular complexity index is 933. The number of aromatic nitrogens is 2. The summed E-state index contributed by atoms with van der Waals surface area (Å²) in [5.41, 5.74) is 1.79. The number of fused-ring (bicyclic) bond motifs is 1. The molecule has 0 radical (unpaired) electrons. The van der Waals surface area contributed by atoms with Crippen molar-refractivity contribution in [1.29, 1.82) is 0 Å². The van der Waals surface area contributed by atoms with Crippen LogP contribution in [0.15, 0.2) is 53.6 Å². The van der Waals surface area contributed by atoms with Crippen LogP contribution in [0.4, 0.5) is 0 Å². The van der Waals surface area contributed by atoms with Crippen molar-refractivity contribution in [2.24, 2.45) is 0 Å². The summed E-state index contributed by atoms with van der Waals surface area (Å²) in [6, 6.07) is 12.2. The Morgan fingerprint density at radius 2 is 1.96 bits per heavy atom. The zero-order valence-corrected chi connectivity index (χ0v) is 13.2. The van der Waals surface area contributed by atoms with Crippen molar-refractivity contribution in [1.82, 2.24) is 14.9 Å². The highest BCUT2D eigenvalue weighted by Crippen LogP contribution is 2.12. The minimum atomic E-state index is -0.209. The van der Waals surface area contributed by atoms with Crippen molar-refractivity contribution in [3.63, 3.8) is 0 Å². The van der Waals surface area contributed by atoms with Crippen molar-refractivity contribution >= 4 is 28.4 Å². The fraction of sp³-hybridized carbons (Fsp3) is 0.118. The number of hydrogen-bond donors (Lipinski definition) is 1. The number of nitrogens with zero attached hydrogens (tertiary/aromatic N) is 2. The molecule has 0 aliphatic heterocycles. The molecular formula is C17H14ClN3O2. The molecule has 0 bridgehead atoms. The first-order valence-corrected chi connectivity index (χ1v) is 7.42. The van der Waals surface area contributed by atoms with Crippen molar-refractivity contribution in [2.75, 3.05) is 7.05 Å². The molecule has 0 saturated heterocycles. The van der Waals surface area contributed by atoms with E-state index in [0.717, 1.165) is 5.56 Å². The van der Waals surface area contributed by atoms with E-state index in [4.69, 9.17) is 11.6 Å². The summed E-state index contributed by atoms with van der Waals surface area (Å²) in [5, 5.41) is 3.68. The maximum absolute atomic E-state index is 12.5. The van der Waals surface area contributed by atoms with Crippen LogP contribution in [0.5, 0.6) is 0 Å². The van der Waals surface area contributed by atoms with E-state index in [1.54, 1.807) is 37.4 Å². The summed E-state index contributed by atoms with van der Waals surface area (Å²) in [6.45, 7) is 0.413. The number of amides is 1. The first kappa shape index (κ1) is 15.2. The Morgan fingerprint density at radius 1 is 1.22 bits per heavy atom. The molecule has 2 aromatic carbocycles. The second kappa shape index (κ2) is 6.22. The number of halogens is 1. The van der Waals surface area contributed by atoms with E-state index in [2.05, 4.69) is 10.3 Å². The Hall–Kier alpha value is -2.66. The van der Waals surface area contributed by atoms with Gasteiger partial charge in [0.15, 0.2) is 0 Å². The molecule has 23 heavy (non-hydrogen) atoms. The molecule has 1 aromatic heterocycles. The summed E-state index contributed by atoms with van der Waals surface area (Å²) in [7, 11) is 1.56. The van der Waals surface area contributed by atoms with Crippen LogP contribution in [0.3, 0.4) is 0 Å². The predicted molar refractivity (Wildman–Crippen MR) is 89.9 cm³/mol. The molecule has 1 N–H and O–H groups in total. The highest BCUT2D eigenvalue weighted by molar-refractivity contribution is 6.30. The normalized spacial score (nSPS) is 10.7. The van der Waals surface area contributed by atoms with Crippen LogP contribution < -0.4 is 10.9 Å². The summed E-state index contributed by atoms with van der Waals surface area (Å²) in [6.07, 6.45) is 1.49. The van der Waals surface area contributed by atoms with Gasteiger partial charge in [0, 0.05) is 17.6 Å². The van der Waals surface area contributed by atoms with Gasteiger partial charge in [-0.15, -0.1) is 0 Å². The number of hydrogen-bond acceptors (Lipinski definition) is 3. The summed E-state index contributed by atoms with van der Waals surface area (Å²) < 4.78 is 1.53. The van der Waals surface area contributed by atoms with Crippen LogP contribution >= 0.6 is 11.6 Å². The molecule has 6 heteroatoms. The van der Waals surface area contributed by atoms with Crippen LogP contribution in [0.25, 0.3) is 10.9 Å². The van der Waals surface area contributed by atoms with Gasteiger partial charge < -0.3 is 5.32 Å². The zero-order valence-electron chi connectivity index (χ0n) is 12.4. The average Bonchev–Trinajstić information content (AvgIpc) is 2.58. The Balaban J connectivity index is 2.00. The third-order valence-corrected chi connectivity index (χ3v) is 3.83. The van der Waals surface area contributed by atoms with Crippen molar-refractivity contribution in [3.8, 4) is 0 Å². The quantitative estimate of drug-likeness (QED) is 0.803. The first-order valence-electron chi connectivity index (χ1n) is 7.04. The van der Waals surface area contributed by atoms with E-state index < -0.39 is 0 Å². The van der Waals surface area contributed by atoms with Crippen molar-refractivity contribution in [3.05, 3.63) is 75.3 Å². The standard InChI is InChI=1S/C17H14ClN3O2/c1-19-16(22)12-4-7-14-15(8-12)20-10-21(17(14)23)9-11-2-5-13(18)6-3-11/h2-8,10H,9H2,1H3,(H,19,22). The van der Waals surface area contributed by atoms with Gasteiger partial charge in [-0.25, -0.2) is 4.98 Å². The number of nitrogens with one attached hydrogen (secondary N) is 1. The minimum Gasteiger partial charge on any atom is -0.355 e. The van der Waals surface area contributed by atoms with Gasteiger partial charge in [-0.2, -0.15) is 0 Å². The maximum atomic E-state index is 12.5. The monoisotopic (exact) mass is 327 g/mol. The largest absolute Gasteiger partial charge is 0.355 e. The van der Waals surface area contributed by atoms with Crippen LogP contribution in [0.1, 0.15) is 15.9 Å². The number of rotatable bonds is 3. The van der Waals surface area contributed by atoms with E-state index in [-0.39, 0.29) is 11.5 Å². The predicted octanol–water partition coefficient (Wildman–Crippen LogP) is 2.46. The highest BCUT2D eigenvalue weighted by atomic mass is 35.5. The molecule has 5 nitrogen and oxygen atoms in total. The lowest BCUT2D eigenvalue weighted by molar-refractivity contribution is 0.0963. The maximum Gasteiger partial charge on any atom is 0.261 e. The van der Waals surface area contributed by atoms with Crippen molar-refractivity contribution < 1.29 is 4.79 Å². The van der Waals surface area contributed by atoms with Crippen LogP contribution in [-0.4, -0.2) is 22.5 Å². The van der Waals surface area contributed by atoms with Gasteiger partial charge in [-0.1, -0.05) is 23.7 Å². The minimum absolute atomic E-state index is 0.145. The lowest BCUT2D eigenvalue weighted by atomic mass is 10.1. The third kappa shape index (κ3) is 3.10. The Labute approximate surface area is 137 Å². The van der Waals surface area contributed by atoms with Crippen LogP contribution in [0.2, 0.25) is 5.02 Å². The fourth-order valence-corrected chi connectivity index (χ4v) is 2.47. The molecule has 1 amide bonds. The SMILES string of the molecule is CNC(=O)c1ccc2c(=O)n(Cc3ccc(Cl)cc3)cnc2c1. The molecule has 1 heterocycles. The topological polar surface area (TPSA) is 64.0 Å². The van der Waals surface area contributed by atoms with Gasteiger partial charge in [0.05, 0.1) is 23.8 Å². The molecule has 116 valence electrons. The molecule has 0 spiro atoms. The first-order chi connectivity index (χ1) is 11.1. The summed E-state index contributed by atoms with van der Waals surface area (Å²) in [5.74, 6) is -0.209. The molecular weight excluding hydrogens is 314 g/mol. The Kier molecular flexibility index (Phi) is 4.12. The molecule has 0 fully saturated rings. The molecule has 0 unspecified atom stereocenters. The summed E-state index contributed by atoms with van der Waals surface area (Å²) >= 11 is 5.86. The number of benzene rings is 2. The second-order valence-corrected chi connectivity index (χ2v) is 5.55. The van der Waals surface area contributed by atoms with Gasteiger partial charge in [0.25, 0.3) is 11.5 Å². The average molecular weight is 328 g/mol. The van der Waals surface area contributed by atoms with Crippen molar-refractivity contribution in [2.45, 2.75) is 6.54 Å². The van der Waals surface area contributed by atoms with E-state index in [9.17, 15) is 9.59 Å². The summed E-state index contributed by atoms with van der Waals surface area (Å²) in [4.78, 5) is 28.5. The van der Waals surface area contributed by atoms with Crippen LogP contribution in [-0.2, 0) is 6.54 Å². The molecule has 0 aliphatic rings. The van der Waals surface area contributed by atoms with E-state index in [1.807, 2.05) is 12.1 Å². The lowest BCUT2D eigenvalue weighted by Crippen LogP contribution is -2.22. The number of carbonyl (C=O) groups is 1. The third-order valence-electron chi connectivity index (χ3n) is 3.58.